The molecule has 1 aliphatic heterocycles. The van der Waals surface area contributed by atoms with Crippen molar-refractivity contribution < 1.29 is 14.1 Å². The standard InChI is InChI=1S/C27H33N9O3/c1-17(2)27(3,20-7-8-22(29-13-20)18-10-30-26(28)31-11-18)25-33-24(39-34-25)19-12-32-36(14-19)16-23(37)35(4)15-21-6-5-9-38-21/h7-8,10-14,17,21H,5-6,9,15-16H2,1-4H3,(H2,28,30,31)/t21?,27-/m1/s1. The number of nitrogens with two attached hydrogens (primary N) is 1. The number of carbonyl (C=O) groups is 1. The molecular formula is C27H33N9O3. The number of likely N-dealkylation sites (N-methyl/N-ethyl adjacent to an activating group) is 1. The van der Waals surface area contributed by atoms with Crippen molar-refractivity contribution in [2.75, 3.05) is 25.9 Å². The quantitative estimate of drug-likeness (QED) is 0.341. The van der Waals surface area contributed by atoms with Crippen LogP contribution in [0.2, 0.25) is 0 Å². The molecule has 204 valence electrons. The first-order valence-corrected chi connectivity index (χ1v) is 13.0. The molecule has 12 nitrogen and oxygen atoms in total. The normalized spacial score (nSPS) is 16.9. The molecule has 4 aromatic rings. The van der Waals surface area contributed by atoms with Gasteiger partial charge in [-0.25, -0.2) is 9.97 Å². The maximum Gasteiger partial charge on any atom is 0.261 e. The first-order chi connectivity index (χ1) is 18.7. The topological polar surface area (TPSA) is 151 Å². The third-order valence-electron chi connectivity index (χ3n) is 7.48. The van der Waals surface area contributed by atoms with Crippen molar-refractivity contribution in [2.24, 2.45) is 5.92 Å². The van der Waals surface area contributed by atoms with Crippen LogP contribution in [0.15, 0.2) is 47.6 Å². The molecular weight excluding hydrogens is 498 g/mol. The van der Waals surface area contributed by atoms with Gasteiger partial charge in [-0.3, -0.25) is 14.5 Å². The molecule has 2 N–H and O–H groups in total. The fourth-order valence-corrected chi connectivity index (χ4v) is 4.63. The van der Waals surface area contributed by atoms with E-state index in [0.29, 0.717) is 23.8 Å². The number of anilines is 1. The van der Waals surface area contributed by atoms with E-state index >= 15 is 0 Å². The second kappa shape index (κ2) is 10.9. The zero-order chi connectivity index (χ0) is 27.6. The molecule has 1 fully saturated rings. The summed E-state index contributed by atoms with van der Waals surface area (Å²) in [5.41, 5.74) is 8.13. The Morgan fingerprint density at radius 3 is 2.64 bits per heavy atom. The van der Waals surface area contributed by atoms with Gasteiger partial charge >= 0.3 is 0 Å². The van der Waals surface area contributed by atoms with E-state index < -0.39 is 5.41 Å². The van der Waals surface area contributed by atoms with E-state index in [1.54, 1.807) is 41.4 Å². The summed E-state index contributed by atoms with van der Waals surface area (Å²) in [6.07, 6.45) is 10.6. The Morgan fingerprint density at radius 1 is 1.18 bits per heavy atom. The minimum atomic E-state index is -0.568. The van der Waals surface area contributed by atoms with Crippen LogP contribution in [0.3, 0.4) is 0 Å². The third kappa shape index (κ3) is 5.51. The van der Waals surface area contributed by atoms with E-state index in [1.807, 2.05) is 18.3 Å². The molecule has 4 aromatic heterocycles. The van der Waals surface area contributed by atoms with Crippen molar-refractivity contribution >= 4 is 11.9 Å². The van der Waals surface area contributed by atoms with Gasteiger partial charge in [0, 0.05) is 50.6 Å². The van der Waals surface area contributed by atoms with Gasteiger partial charge in [0.1, 0.15) is 6.54 Å². The molecule has 12 heteroatoms. The predicted molar refractivity (Wildman–Crippen MR) is 143 cm³/mol. The highest BCUT2D eigenvalue weighted by molar-refractivity contribution is 5.75. The van der Waals surface area contributed by atoms with E-state index in [2.05, 4.69) is 46.0 Å². The van der Waals surface area contributed by atoms with Crippen molar-refractivity contribution in [2.45, 2.75) is 51.7 Å². The summed E-state index contributed by atoms with van der Waals surface area (Å²) >= 11 is 0. The van der Waals surface area contributed by atoms with E-state index in [0.717, 1.165) is 36.3 Å². The van der Waals surface area contributed by atoms with E-state index in [1.165, 1.54) is 0 Å². The molecule has 0 aromatic carbocycles. The Hall–Kier alpha value is -4.19. The smallest absolute Gasteiger partial charge is 0.261 e. The van der Waals surface area contributed by atoms with Crippen LogP contribution < -0.4 is 5.73 Å². The summed E-state index contributed by atoms with van der Waals surface area (Å²) in [5.74, 6) is 1.19. The molecule has 39 heavy (non-hydrogen) atoms. The summed E-state index contributed by atoms with van der Waals surface area (Å²) in [5, 5.41) is 8.67. The van der Waals surface area contributed by atoms with E-state index in [9.17, 15) is 4.79 Å². The molecule has 1 saturated heterocycles. The van der Waals surface area contributed by atoms with Gasteiger partial charge in [0.15, 0.2) is 5.82 Å². The Balaban J connectivity index is 1.31. The van der Waals surface area contributed by atoms with Gasteiger partial charge < -0.3 is 19.9 Å². The van der Waals surface area contributed by atoms with Crippen molar-refractivity contribution in [1.29, 1.82) is 0 Å². The number of nitrogens with zero attached hydrogens (tertiary/aromatic N) is 8. The average molecular weight is 532 g/mol. The van der Waals surface area contributed by atoms with Crippen LogP contribution in [0.5, 0.6) is 0 Å². The van der Waals surface area contributed by atoms with Crippen LogP contribution in [0, 0.1) is 5.92 Å². The van der Waals surface area contributed by atoms with E-state index in [-0.39, 0.29) is 30.4 Å². The first-order valence-electron chi connectivity index (χ1n) is 13.0. The van der Waals surface area contributed by atoms with Crippen LogP contribution >= 0.6 is 0 Å². The SMILES string of the molecule is CC(C)[C@](C)(c1ccc(-c2cnc(N)nc2)nc1)c1noc(-c2cnn(CC(=O)N(C)CC3CCCO3)c2)n1. The largest absolute Gasteiger partial charge is 0.376 e. The minimum Gasteiger partial charge on any atom is -0.376 e. The van der Waals surface area contributed by atoms with Crippen LogP contribution in [-0.4, -0.2) is 72.0 Å². The second-order valence-corrected chi connectivity index (χ2v) is 10.4. The third-order valence-corrected chi connectivity index (χ3v) is 7.48. The molecule has 0 radical (unpaired) electrons. The summed E-state index contributed by atoms with van der Waals surface area (Å²) in [7, 11) is 1.79. The summed E-state index contributed by atoms with van der Waals surface area (Å²) in [6.45, 7) is 7.74. The van der Waals surface area contributed by atoms with Crippen LogP contribution in [-0.2, 0) is 21.5 Å². The Labute approximate surface area is 226 Å². The number of ether oxygens (including phenoxy) is 1. The minimum absolute atomic E-state index is 0.0415. The highest BCUT2D eigenvalue weighted by atomic mass is 16.5. The molecule has 2 atom stereocenters. The van der Waals surface area contributed by atoms with Gasteiger partial charge in [-0.2, -0.15) is 10.1 Å². The highest BCUT2D eigenvalue weighted by Crippen LogP contribution is 2.38. The number of carbonyl (C=O) groups excluding carboxylic acids is 1. The number of hydrogen-bond donors (Lipinski definition) is 1. The highest BCUT2D eigenvalue weighted by Gasteiger charge is 2.38. The molecule has 0 saturated carbocycles. The number of rotatable bonds is 9. The fourth-order valence-electron chi connectivity index (χ4n) is 4.63. The number of pyridine rings is 1. The summed E-state index contributed by atoms with van der Waals surface area (Å²) < 4.78 is 12.9. The maximum atomic E-state index is 12.7. The van der Waals surface area contributed by atoms with Gasteiger partial charge in [0.25, 0.3) is 5.89 Å². The Kier molecular flexibility index (Phi) is 7.38. The zero-order valence-corrected chi connectivity index (χ0v) is 22.6. The second-order valence-electron chi connectivity index (χ2n) is 10.4. The van der Waals surface area contributed by atoms with Crippen LogP contribution in [0.1, 0.15) is 45.0 Å². The van der Waals surface area contributed by atoms with Gasteiger partial charge in [0.05, 0.1) is 29.0 Å². The molecule has 5 heterocycles. The van der Waals surface area contributed by atoms with Crippen molar-refractivity contribution in [1.82, 2.24) is 39.8 Å². The van der Waals surface area contributed by atoms with Crippen molar-refractivity contribution in [3.05, 3.63) is 54.5 Å². The zero-order valence-electron chi connectivity index (χ0n) is 22.6. The lowest BCUT2D eigenvalue weighted by molar-refractivity contribution is -0.132. The molecule has 0 spiro atoms. The molecule has 0 aliphatic carbocycles. The molecule has 1 aliphatic rings. The van der Waals surface area contributed by atoms with Gasteiger partial charge in [0.2, 0.25) is 11.9 Å². The van der Waals surface area contributed by atoms with Crippen LogP contribution in [0.4, 0.5) is 5.95 Å². The number of aromatic nitrogens is 7. The Morgan fingerprint density at radius 2 is 1.97 bits per heavy atom. The van der Waals surface area contributed by atoms with Gasteiger partial charge in [-0.05, 0) is 37.3 Å². The molecule has 0 bridgehead atoms. The average Bonchev–Trinajstić information content (AvgIpc) is 3.71. The van der Waals surface area contributed by atoms with Crippen molar-refractivity contribution in [3.63, 3.8) is 0 Å². The van der Waals surface area contributed by atoms with Gasteiger partial charge in [-0.15, -0.1) is 0 Å². The van der Waals surface area contributed by atoms with E-state index in [4.69, 9.17) is 20.0 Å². The lowest BCUT2D eigenvalue weighted by Gasteiger charge is -2.30. The maximum absolute atomic E-state index is 12.7. The van der Waals surface area contributed by atoms with Crippen molar-refractivity contribution in [3.8, 4) is 22.7 Å². The Bertz CT molecular complexity index is 1410. The number of hydrogen-bond acceptors (Lipinski definition) is 10. The summed E-state index contributed by atoms with van der Waals surface area (Å²) in [6, 6.07) is 3.92. The number of nitrogen functional groups attached to an aromatic ring is 1. The van der Waals surface area contributed by atoms with Crippen LogP contribution in [0.25, 0.3) is 22.7 Å². The lowest BCUT2D eigenvalue weighted by Crippen LogP contribution is -2.36. The predicted octanol–water partition coefficient (Wildman–Crippen LogP) is 2.97. The van der Waals surface area contributed by atoms with Gasteiger partial charge in [-0.1, -0.05) is 25.1 Å². The molecule has 1 unspecified atom stereocenters. The monoisotopic (exact) mass is 531 g/mol. The number of amides is 1. The summed E-state index contributed by atoms with van der Waals surface area (Å²) in [4.78, 5) is 31.8. The lowest BCUT2D eigenvalue weighted by atomic mass is 9.73. The molecule has 5 rings (SSSR count). The molecule has 1 amide bonds. The first kappa shape index (κ1) is 26.4. The fraction of sp³-hybridized carbons (Fsp3) is 0.444.